The zero-order valence-corrected chi connectivity index (χ0v) is 10.8. The maximum absolute atomic E-state index is 11.1. The van der Waals surface area contributed by atoms with Crippen LogP contribution in [0.15, 0.2) is 24.3 Å². The van der Waals surface area contributed by atoms with Gasteiger partial charge in [-0.15, -0.1) is 0 Å². The van der Waals surface area contributed by atoms with E-state index in [9.17, 15) is 9.90 Å². The lowest BCUT2D eigenvalue weighted by Crippen LogP contribution is -2.27. The number of carboxylic acids is 1. The van der Waals surface area contributed by atoms with Crippen LogP contribution >= 0.6 is 0 Å². The number of aliphatic hydroxyl groups excluding tert-OH is 1. The van der Waals surface area contributed by atoms with E-state index in [2.05, 4.69) is 0 Å². The van der Waals surface area contributed by atoms with Gasteiger partial charge in [-0.3, -0.25) is 0 Å². The van der Waals surface area contributed by atoms with E-state index in [0.29, 0.717) is 24.2 Å². The number of carbonyl (C=O) groups is 1. The molecule has 0 bridgehead atoms. The highest BCUT2D eigenvalue weighted by Crippen LogP contribution is 2.28. The Balaban J connectivity index is 2.91. The molecule has 0 aromatic heterocycles. The largest absolute Gasteiger partial charge is 0.479 e. The number of aliphatic hydroxyl groups is 1. The third-order valence-electron chi connectivity index (χ3n) is 2.76. The predicted molar refractivity (Wildman–Crippen MR) is 68.7 cm³/mol. The van der Waals surface area contributed by atoms with Crippen LogP contribution < -0.4 is 4.74 Å². The molecule has 0 aliphatic carbocycles. The summed E-state index contributed by atoms with van der Waals surface area (Å²) in [4.78, 5) is 11.1. The molecule has 18 heavy (non-hydrogen) atoms. The summed E-state index contributed by atoms with van der Waals surface area (Å²) in [6, 6.07) is 7.02. The van der Waals surface area contributed by atoms with Crippen molar-refractivity contribution in [2.75, 3.05) is 0 Å². The van der Waals surface area contributed by atoms with Gasteiger partial charge in [-0.2, -0.15) is 0 Å². The fraction of sp³-hybridized carbons (Fsp3) is 0.500. The summed E-state index contributed by atoms with van der Waals surface area (Å²) >= 11 is 0. The van der Waals surface area contributed by atoms with Crippen molar-refractivity contribution in [3.05, 3.63) is 29.8 Å². The van der Waals surface area contributed by atoms with Gasteiger partial charge in [0.25, 0.3) is 0 Å². The Kier molecular flexibility index (Phi) is 5.65. The molecule has 0 saturated carbocycles. The Morgan fingerprint density at radius 2 is 2.00 bits per heavy atom. The van der Waals surface area contributed by atoms with E-state index in [1.54, 1.807) is 24.3 Å². The molecule has 4 nitrogen and oxygen atoms in total. The summed E-state index contributed by atoms with van der Waals surface area (Å²) in [6.45, 7) is 3.77. The van der Waals surface area contributed by atoms with Gasteiger partial charge in [0.2, 0.25) is 0 Å². The van der Waals surface area contributed by atoms with Gasteiger partial charge in [0, 0.05) is 5.56 Å². The molecule has 2 atom stereocenters. The fourth-order valence-corrected chi connectivity index (χ4v) is 1.73. The molecule has 100 valence electrons. The first kappa shape index (κ1) is 14.5. The van der Waals surface area contributed by atoms with Crippen molar-refractivity contribution in [1.82, 2.24) is 0 Å². The summed E-state index contributed by atoms with van der Waals surface area (Å²) in [5, 5.41) is 18.9. The van der Waals surface area contributed by atoms with Crippen molar-refractivity contribution in [1.29, 1.82) is 0 Å². The zero-order chi connectivity index (χ0) is 13.5. The molecule has 0 fully saturated rings. The topological polar surface area (TPSA) is 66.8 Å². The monoisotopic (exact) mass is 252 g/mol. The molecule has 0 heterocycles. The average molecular weight is 252 g/mol. The Labute approximate surface area is 107 Å². The lowest BCUT2D eigenvalue weighted by molar-refractivity contribution is -0.145. The van der Waals surface area contributed by atoms with Crippen molar-refractivity contribution in [2.45, 2.75) is 45.3 Å². The van der Waals surface area contributed by atoms with Crippen LogP contribution in [0.2, 0.25) is 0 Å². The smallest absolute Gasteiger partial charge is 0.344 e. The molecule has 1 rings (SSSR count). The Bertz CT molecular complexity index is 389. The molecule has 1 aromatic rings. The van der Waals surface area contributed by atoms with Crippen LogP contribution in [0, 0.1) is 0 Å². The van der Waals surface area contributed by atoms with Gasteiger partial charge in [0.15, 0.2) is 6.10 Å². The first-order valence-electron chi connectivity index (χ1n) is 6.26. The Morgan fingerprint density at radius 3 is 2.56 bits per heavy atom. The maximum Gasteiger partial charge on any atom is 0.344 e. The van der Waals surface area contributed by atoms with Crippen molar-refractivity contribution < 1.29 is 19.7 Å². The summed E-state index contributed by atoms with van der Waals surface area (Å²) in [7, 11) is 0. The zero-order valence-electron chi connectivity index (χ0n) is 10.8. The third kappa shape index (κ3) is 3.74. The van der Waals surface area contributed by atoms with Crippen LogP contribution in [-0.4, -0.2) is 22.3 Å². The van der Waals surface area contributed by atoms with Crippen LogP contribution in [0.5, 0.6) is 5.75 Å². The highest BCUT2D eigenvalue weighted by atomic mass is 16.5. The molecular formula is C14H20O4. The number of hydrogen-bond acceptors (Lipinski definition) is 3. The van der Waals surface area contributed by atoms with E-state index in [4.69, 9.17) is 9.84 Å². The van der Waals surface area contributed by atoms with Crippen LogP contribution in [0.3, 0.4) is 0 Å². The second kappa shape index (κ2) is 7.01. The molecule has 0 radical (unpaired) electrons. The van der Waals surface area contributed by atoms with E-state index in [1.165, 1.54) is 0 Å². The molecule has 0 aliphatic rings. The number of rotatable bonds is 7. The van der Waals surface area contributed by atoms with Crippen molar-refractivity contribution in [3.8, 4) is 5.75 Å². The lowest BCUT2D eigenvalue weighted by atomic mass is 10.1. The van der Waals surface area contributed by atoms with E-state index in [0.717, 1.165) is 6.42 Å². The second-order valence-electron chi connectivity index (χ2n) is 4.20. The predicted octanol–water partition coefficient (Wildman–Crippen LogP) is 2.76. The number of carboxylic acid groups (broad SMARTS) is 1. The van der Waals surface area contributed by atoms with E-state index in [-0.39, 0.29) is 0 Å². The molecule has 0 saturated heterocycles. The SMILES string of the molecule is CCCC(Oc1ccccc1C(O)CC)C(=O)O. The summed E-state index contributed by atoms with van der Waals surface area (Å²) in [6.07, 6.45) is 0.255. The highest BCUT2D eigenvalue weighted by molar-refractivity contribution is 5.72. The minimum absolute atomic E-state index is 0.450. The number of aliphatic carboxylic acids is 1. The van der Waals surface area contributed by atoms with Gasteiger partial charge in [-0.25, -0.2) is 4.79 Å². The molecular weight excluding hydrogens is 232 g/mol. The van der Waals surface area contributed by atoms with Crippen LogP contribution in [-0.2, 0) is 4.79 Å². The minimum atomic E-state index is -0.974. The number of ether oxygens (including phenoxy) is 1. The molecule has 2 N–H and O–H groups in total. The Morgan fingerprint density at radius 1 is 1.33 bits per heavy atom. The summed E-state index contributed by atoms with van der Waals surface area (Å²) in [5.41, 5.74) is 0.641. The van der Waals surface area contributed by atoms with Crippen molar-refractivity contribution in [2.24, 2.45) is 0 Å². The second-order valence-corrected chi connectivity index (χ2v) is 4.20. The Hall–Kier alpha value is -1.55. The van der Waals surface area contributed by atoms with Gasteiger partial charge in [-0.1, -0.05) is 38.5 Å². The highest BCUT2D eigenvalue weighted by Gasteiger charge is 2.20. The van der Waals surface area contributed by atoms with Gasteiger partial charge in [-0.05, 0) is 18.9 Å². The molecule has 0 aliphatic heterocycles. The van der Waals surface area contributed by atoms with Gasteiger partial charge in [0.05, 0.1) is 6.10 Å². The van der Waals surface area contributed by atoms with Crippen LogP contribution in [0.1, 0.15) is 44.8 Å². The number of benzene rings is 1. The van der Waals surface area contributed by atoms with Gasteiger partial charge < -0.3 is 14.9 Å². The van der Waals surface area contributed by atoms with E-state index in [1.807, 2.05) is 13.8 Å². The molecule has 4 heteroatoms. The van der Waals surface area contributed by atoms with Crippen LogP contribution in [0.4, 0.5) is 0 Å². The van der Waals surface area contributed by atoms with Crippen molar-refractivity contribution in [3.63, 3.8) is 0 Å². The number of hydrogen-bond donors (Lipinski definition) is 2. The minimum Gasteiger partial charge on any atom is -0.479 e. The first-order valence-corrected chi connectivity index (χ1v) is 6.26. The van der Waals surface area contributed by atoms with Crippen molar-refractivity contribution >= 4 is 5.97 Å². The number of para-hydroxylation sites is 1. The average Bonchev–Trinajstić information content (AvgIpc) is 2.37. The molecule has 2 unspecified atom stereocenters. The molecule has 1 aromatic carbocycles. The standard InChI is InChI=1S/C14H20O4/c1-3-7-13(14(16)17)18-12-9-6-5-8-10(12)11(15)4-2/h5-6,8-9,11,13,15H,3-4,7H2,1-2H3,(H,16,17). The molecule has 0 amide bonds. The fourth-order valence-electron chi connectivity index (χ4n) is 1.73. The van der Waals surface area contributed by atoms with Gasteiger partial charge in [0.1, 0.15) is 5.75 Å². The summed E-state index contributed by atoms with van der Waals surface area (Å²) in [5.74, 6) is -0.523. The van der Waals surface area contributed by atoms with Crippen LogP contribution in [0.25, 0.3) is 0 Å². The maximum atomic E-state index is 11.1. The van der Waals surface area contributed by atoms with Gasteiger partial charge >= 0.3 is 5.97 Å². The van der Waals surface area contributed by atoms with E-state index < -0.39 is 18.2 Å². The molecule has 0 spiro atoms. The quantitative estimate of drug-likeness (QED) is 0.783. The summed E-state index contributed by atoms with van der Waals surface area (Å²) < 4.78 is 5.51. The third-order valence-corrected chi connectivity index (χ3v) is 2.76. The van der Waals surface area contributed by atoms with E-state index >= 15 is 0 Å². The normalized spacial score (nSPS) is 13.9. The lowest BCUT2D eigenvalue weighted by Gasteiger charge is -2.19. The first-order chi connectivity index (χ1) is 8.60.